The van der Waals surface area contributed by atoms with Crippen LogP contribution in [0.25, 0.3) is 16.6 Å². The molecule has 2 aromatic carbocycles. The number of halogens is 1. The van der Waals surface area contributed by atoms with E-state index in [1.807, 2.05) is 74.7 Å². The summed E-state index contributed by atoms with van der Waals surface area (Å²) >= 11 is 7.45. The molecule has 4 aromatic rings. The molecule has 2 aromatic heterocycles. The van der Waals surface area contributed by atoms with E-state index in [1.165, 1.54) is 35.1 Å². The van der Waals surface area contributed by atoms with E-state index in [0.29, 0.717) is 29.4 Å². The Kier molecular flexibility index (Phi) is 16.6. The Morgan fingerprint density at radius 3 is 2.56 bits per heavy atom. The van der Waals surface area contributed by atoms with Crippen molar-refractivity contribution in [2.24, 2.45) is 11.3 Å². The first-order chi connectivity index (χ1) is 29.6. The van der Waals surface area contributed by atoms with Crippen LogP contribution in [0.15, 0.2) is 84.7 Å². The molecule has 0 saturated carbocycles. The van der Waals surface area contributed by atoms with E-state index < -0.39 is 6.04 Å². The summed E-state index contributed by atoms with van der Waals surface area (Å²) in [5.74, 6) is 1.06. The van der Waals surface area contributed by atoms with Crippen LogP contribution in [0.5, 0.6) is 11.5 Å². The van der Waals surface area contributed by atoms with Crippen LogP contribution in [0, 0.1) is 21.4 Å². The Balaban J connectivity index is 0.00000211. The van der Waals surface area contributed by atoms with Crippen molar-refractivity contribution in [3.63, 3.8) is 0 Å². The number of allylic oxidation sites excluding steroid dienone is 1. The number of anilines is 1. The Bertz CT molecular complexity index is 2180. The smallest absolute Gasteiger partial charge is 0.264 e. The van der Waals surface area contributed by atoms with Crippen molar-refractivity contribution in [1.29, 1.82) is 0 Å². The molecule has 4 aliphatic rings. The summed E-state index contributed by atoms with van der Waals surface area (Å²) in [6.45, 7) is 15.4. The van der Waals surface area contributed by atoms with E-state index in [2.05, 4.69) is 55.8 Å². The first-order valence-electron chi connectivity index (χ1n) is 21.8. The molecule has 8 rings (SSSR count). The molecule has 2 aliphatic heterocycles. The zero-order valence-electron chi connectivity index (χ0n) is 35.8. The second kappa shape index (κ2) is 21.8. The number of carbonyl (C=O) groups excluding carboxylic acids is 1. The van der Waals surface area contributed by atoms with Gasteiger partial charge >= 0.3 is 0 Å². The number of pyridine rings is 1. The number of benzene rings is 2. The monoisotopic (exact) mass is 885 g/mol. The fraction of sp³-hybridized carbons (Fsp3) is 0.500. The third kappa shape index (κ3) is 12.0. The number of nitrogens with zero attached hydrogens (tertiary/aromatic N) is 4. The first-order valence-corrected chi connectivity index (χ1v) is 23.1. The van der Waals surface area contributed by atoms with E-state index in [9.17, 15) is 14.9 Å². The number of rotatable bonds is 13. The van der Waals surface area contributed by atoms with Crippen LogP contribution in [0.2, 0.25) is 5.02 Å². The van der Waals surface area contributed by atoms with Gasteiger partial charge in [-0.05, 0) is 109 Å². The summed E-state index contributed by atoms with van der Waals surface area (Å²) < 4.78 is 14.9. The molecule has 3 atom stereocenters. The predicted molar refractivity (Wildman–Crippen MR) is 254 cm³/mol. The molecule has 1 amide bonds. The van der Waals surface area contributed by atoms with Crippen LogP contribution in [0.4, 0.5) is 5.69 Å². The number of nitro groups is 1. The summed E-state index contributed by atoms with van der Waals surface area (Å²) in [7, 11) is 0. The maximum atomic E-state index is 13.9. The van der Waals surface area contributed by atoms with Crippen LogP contribution >= 0.6 is 23.5 Å². The number of hydrogen-bond acceptors (Lipinski definition) is 10. The largest absolute Gasteiger partial charge is 0.455 e. The molecular weight excluding hydrogens is 822 g/mol. The van der Waals surface area contributed by atoms with E-state index >= 15 is 0 Å². The van der Waals surface area contributed by atoms with Crippen molar-refractivity contribution in [2.75, 3.05) is 57.4 Å². The van der Waals surface area contributed by atoms with Gasteiger partial charge in [-0.3, -0.25) is 24.5 Å². The lowest BCUT2D eigenvalue weighted by atomic mass is 9.72. The maximum absolute atomic E-state index is 13.9. The van der Waals surface area contributed by atoms with Crippen LogP contribution in [-0.2, 0) is 4.74 Å². The molecule has 334 valence electrons. The highest BCUT2D eigenvalue weighted by Crippen LogP contribution is 2.43. The summed E-state index contributed by atoms with van der Waals surface area (Å²) in [5.41, 5.74) is 6.62. The molecule has 0 spiro atoms. The molecule has 4 heterocycles. The summed E-state index contributed by atoms with van der Waals surface area (Å²) in [4.78, 5) is 38.4. The molecule has 3 N–H and O–H groups in total. The lowest BCUT2D eigenvalue weighted by molar-refractivity contribution is -0.526. The third-order valence-electron chi connectivity index (χ3n) is 12.3. The molecule has 3 unspecified atom stereocenters. The first kappa shape index (κ1) is 47.1. The number of ether oxygens (including phenoxy) is 2. The minimum absolute atomic E-state index is 0. The van der Waals surface area contributed by atoms with Gasteiger partial charge < -0.3 is 24.7 Å². The van der Waals surface area contributed by atoms with E-state index in [4.69, 9.17) is 21.1 Å². The predicted octanol–water partition coefficient (Wildman–Crippen LogP) is 10.2. The Morgan fingerprint density at radius 1 is 1.06 bits per heavy atom. The lowest BCUT2D eigenvalue weighted by Crippen LogP contribution is -2.48. The summed E-state index contributed by atoms with van der Waals surface area (Å²) in [6.07, 6.45) is 12.9. The number of piperazine rings is 1. The van der Waals surface area contributed by atoms with Crippen molar-refractivity contribution in [1.82, 2.24) is 24.9 Å². The molecule has 2 saturated heterocycles. The number of nitrogens with one attached hydrogen (secondary N) is 3. The van der Waals surface area contributed by atoms with E-state index in [-0.39, 0.29) is 35.0 Å². The Labute approximate surface area is 376 Å². The van der Waals surface area contributed by atoms with Crippen molar-refractivity contribution in [3.8, 4) is 11.5 Å². The lowest BCUT2D eigenvalue weighted by Gasteiger charge is -2.39. The van der Waals surface area contributed by atoms with E-state index in [0.717, 1.165) is 99.9 Å². The minimum atomic E-state index is -0.791. The topological polar surface area (TPSA) is 138 Å². The maximum Gasteiger partial charge on any atom is 0.264 e. The van der Waals surface area contributed by atoms with Crippen molar-refractivity contribution < 1.29 is 19.2 Å². The molecule has 0 bridgehead atoms. The van der Waals surface area contributed by atoms with Gasteiger partial charge in [0.15, 0.2) is 0 Å². The van der Waals surface area contributed by atoms with Gasteiger partial charge in [0.05, 0.1) is 17.8 Å². The fourth-order valence-corrected chi connectivity index (χ4v) is 9.72. The molecule has 14 heteroatoms. The fourth-order valence-electron chi connectivity index (χ4n) is 8.76. The van der Waals surface area contributed by atoms with Crippen molar-refractivity contribution in [3.05, 3.63) is 111 Å². The van der Waals surface area contributed by atoms with Gasteiger partial charge in [-0.15, -0.1) is 0 Å². The number of H-pyrrole nitrogens is 1. The van der Waals surface area contributed by atoms with Gasteiger partial charge in [-0.1, -0.05) is 76.6 Å². The average Bonchev–Trinajstić information content (AvgIpc) is 3.75. The standard InChI is InChI=1S/C45H54ClN7O5S.C2H6.CH4/c1-45(2)15-11-33(39(26-45)31-3-5-34(46)6-4-31)29-51-17-19-52(20-18-51)35-7-9-38(42(24-35)58-36-23-32-12-16-47-43(32)49-28-36)44(54)50-59-37-8-10-40(41(25-37)53(55)56)48-27-30-13-21-57-22-14-30;1-2;/h3-10,12,16,23-24,28,30,37,40-41,48H,11,13-15,17-22,25-27,29H2,1-2H3,(H,47,49)(H,50,54);1-2H3;1H4. The number of aromatic nitrogens is 2. The highest BCUT2D eigenvalue weighted by Gasteiger charge is 2.36. The number of hydrogen-bond donors (Lipinski definition) is 3. The average molecular weight is 887 g/mol. The minimum Gasteiger partial charge on any atom is -0.455 e. The van der Waals surface area contributed by atoms with Crippen LogP contribution < -0.4 is 19.7 Å². The van der Waals surface area contributed by atoms with Crippen molar-refractivity contribution >= 4 is 51.7 Å². The van der Waals surface area contributed by atoms with Crippen LogP contribution in [0.3, 0.4) is 0 Å². The molecule has 62 heavy (non-hydrogen) atoms. The van der Waals surface area contributed by atoms with Gasteiger partial charge in [0.1, 0.15) is 17.1 Å². The van der Waals surface area contributed by atoms with Crippen LogP contribution in [-0.4, -0.2) is 95.5 Å². The normalized spacial score (nSPS) is 21.8. The van der Waals surface area contributed by atoms with Gasteiger partial charge in [0.2, 0.25) is 6.04 Å². The molecule has 12 nitrogen and oxygen atoms in total. The van der Waals surface area contributed by atoms with Gasteiger partial charge in [-0.2, -0.15) is 0 Å². The molecule has 0 radical (unpaired) electrons. The van der Waals surface area contributed by atoms with E-state index in [1.54, 1.807) is 6.20 Å². The van der Waals surface area contributed by atoms with Gasteiger partial charge in [-0.25, -0.2) is 4.98 Å². The molecule has 2 fully saturated rings. The van der Waals surface area contributed by atoms with Crippen LogP contribution in [0.1, 0.15) is 89.6 Å². The summed E-state index contributed by atoms with van der Waals surface area (Å²) in [6, 6.07) is 16.7. The van der Waals surface area contributed by atoms with Gasteiger partial charge in [0, 0.05) is 90.9 Å². The second-order valence-electron chi connectivity index (χ2n) is 17.1. The Morgan fingerprint density at radius 2 is 1.82 bits per heavy atom. The summed E-state index contributed by atoms with van der Waals surface area (Å²) in [5, 5.41) is 17.0. The quantitative estimate of drug-likeness (QED) is 0.0515. The molecule has 2 aliphatic carbocycles. The second-order valence-corrected chi connectivity index (χ2v) is 18.6. The number of amides is 1. The third-order valence-corrected chi connectivity index (χ3v) is 13.5. The zero-order chi connectivity index (χ0) is 42.9. The number of fused-ring (bicyclic) bond motifs is 1. The zero-order valence-corrected chi connectivity index (χ0v) is 37.4. The number of carbonyl (C=O) groups is 1. The highest BCUT2D eigenvalue weighted by atomic mass is 35.5. The van der Waals surface area contributed by atoms with Gasteiger partial charge in [0.25, 0.3) is 5.91 Å². The molecular formula is C48H64ClN7O5S. The number of aromatic amines is 1. The highest BCUT2D eigenvalue weighted by molar-refractivity contribution is 7.98. The SMILES string of the molecule is C.CC.CC1(C)CCC(CN2CCN(c3ccc(C(=O)NSC4C=CC(NCC5CCOCC5)C([N+](=O)[O-])C4)c(Oc4cnc5[nH]ccc5c4)c3)CC2)=C(c2ccc(Cl)cc2)C1. The Hall–Kier alpha value is -4.40. The van der Waals surface area contributed by atoms with Crippen molar-refractivity contribution in [2.45, 2.75) is 91.0 Å².